The number of nitro benzene ring substituents is 1. The average molecular weight is 411 g/mol. The predicted molar refractivity (Wildman–Crippen MR) is 113 cm³/mol. The summed E-state index contributed by atoms with van der Waals surface area (Å²) in [4.78, 5) is 37.9. The molecule has 0 bridgehead atoms. The van der Waals surface area contributed by atoms with Crippen LogP contribution in [-0.2, 0) is 4.79 Å². The molecule has 1 aliphatic heterocycles. The van der Waals surface area contributed by atoms with Crippen LogP contribution in [0.5, 0.6) is 5.75 Å². The maximum absolute atomic E-state index is 12.5. The van der Waals surface area contributed by atoms with E-state index in [2.05, 4.69) is 4.90 Å². The maximum Gasteiger partial charge on any atom is 0.272 e. The smallest absolute Gasteiger partial charge is 0.272 e. The number of carbonyl (C=O) groups excluding carboxylic acids is 2. The molecule has 8 heteroatoms. The molecule has 30 heavy (non-hydrogen) atoms. The van der Waals surface area contributed by atoms with Crippen LogP contribution in [0.25, 0.3) is 0 Å². The lowest BCUT2D eigenvalue weighted by atomic mass is 10.1. The number of piperazine rings is 1. The molecule has 0 unspecified atom stereocenters. The van der Waals surface area contributed by atoms with E-state index in [0.29, 0.717) is 30.0 Å². The predicted octanol–water partition coefficient (Wildman–Crippen LogP) is 3.14. The van der Waals surface area contributed by atoms with Crippen molar-refractivity contribution in [2.24, 2.45) is 0 Å². The Morgan fingerprint density at radius 2 is 1.83 bits per heavy atom. The van der Waals surface area contributed by atoms with Crippen LogP contribution in [0.3, 0.4) is 0 Å². The van der Waals surface area contributed by atoms with Gasteiger partial charge in [-0.25, -0.2) is 0 Å². The van der Waals surface area contributed by atoms with Crippen molar-refractivity contribution in [3.63, 3.8) is 0 Å². The lowest BCUT2D eigenvalue weighted by Gasteiger charge is -2.37. The van der Waals surface area contributed by atoms with Gasteiger partial charge in [0.1, 0.15) is 12.0 Å². The summed E-state index contributed by atoms with van der Waals surface area (Å²) in [6.45, 7) is 6.59. The van der Waals surface area contributed by atoms with Gasteiger partial charge in [-0.15, -0.1) is 0 Å². The molecule has 0 spiro atoms. The Morgan fingerprint density at radius 1 is 1.10 bits per heavy atom. The second-order valence-electron chi connectivity index (χ2n) is 7.34. The average Bonchev–Trinajstić information content (AvgIpc) is 2.73. The van der Waals surface area contributed by atoms with Gasteiger partial charge >= 0.3 is 0 Å². The van der Waals surface area contributed by atoms with E-state index in [1.165, 1.54) is 6.07 Å². The molecule has 2 aromatic carbocycles. The van der Waals surface area contributed by atoms with E-state index >= 15 is 0 Å². The van der Waals surface area contributed by atoms with Crippen LogP contribution < -0.4 is 9.64 Å². The highest BCUT2D eigenvalue weighted by molar-refractivity contribution is 5.78. The molecule has 1 fully saturated rings. The standard InChI is InChI=1S/C22H25N3O5/c1-16-13-18(15-26)3-5-20(16)23-8-10-24(11-9-23)22(27)7-12-30-19-4-6-21(25(28)29)17(2)14-19/h3-6,13-15H,7-12H2,1-2H3. The van der Waals surface area contributed by atoms with E-state index in [1.807, 2.05) is 30.0 Å². The van der Waals surface area contributed by atoms with Crippen molar-refractivity contribution in [2.75, 3.05) is 37.7 Å². The summed E-state index contributed by atoms with van der Waals surface area (Å²) < 4.78 is 5.60. The fraction of sp³-hybridized carbons (Fsp3) is 0.364. The Balaban J connectivity index is 1.47. The van der Waals surface area contributed by atoms with Crippen molar-refractivity contribution in [3.05, 3.63) is 63.2 Å². The number of benzene rings is 2. The molecule has 0 saturated carbocycles. The molecule has 8 nitrogen and oxygen atoms in total. The first kappa shape index (κ1) is 21.3. The fourth-order valence-electron chi connectivity index (χ4n) is 3.64. The minimum atomic E-state index is -0.430. The third-order valence-electron chi connectivity index (χ3n) is 5.28. The van der Waals surface area contributed by atoms with Crippen molar-refractivity contribution in [3.8, 4) is 5.75 Å². The van der Waals surface area contributed by atoms with Gasteiger partial charge < -0.3 is 14.5 Å². The number of nitro groups is 1. The highest BCUT2D eigenvalue weighted by Gasteiger charge is 2.22. The molecule has 1 amide bonds. The van der Waals surface area contributed by atoms with Crippen LogP contribution in [0.1, 0.15) is 27.9 Å². The second kappa shape index (κ2) is 9.39. The van der Waals surface area contributed by atoms with Gasteiger partial charge in [-0.1, -0.05) is 0 Å². The topological polar surface area (TPSA) is 93.0 Å². The number of aldehydes is 1. The summed E-state index contributed by atoms with van der Waals surface area (Å²) in [6.07, 6.45) is 1.09. The minimum Gasteiger partial charge on any atom is -0.493 e. The Morgan fingerprint density at radius 3 is 2.43 bits per heavy atom. The molecule has 2 aromatic rings. The highest BCUT2D eigenvalue weighted by Crippen LogP contribution is 2.24. The summed E-state index contributed by atoms with van der Waals surface area (Å²) in [5.41, 5.74) is 3.37. The first-order chi connectivity index (χ1) is 14.4. The number of hydrogen-bond acceptors (Lipinski definition) is 6. The Bertz CT molecular complexity index is 952. The van der Waals surface area contributed by atoms with Crippen molar-refractivity contribution in [1.29, 1.82) is 0 Å². The lowest BCUT2D eigenvalue weighted by Crippen LogP contribution is -2.49. The molecule has 0 aliphatic carbocycles. The zero-order chi connectivity index (χ0) is 21.7. The molecule has 3 rings (SSSR count). The minimum absolute atomic E-state index is 0.0290. The third-order valence-corrected chi connectivity index (χ3v) is 5.28. The summed E-state index contributed by atoms with van der Waals surface area (Å²) in [5.74, 6) is 0.547. The zero-order valence-corrected chi connectivity index (χ0v) is 17.2. The van der Waals surface area contributed by atoms with Crippen molar-refractivity contribution in [2.45, 2.75) is 20.3 Å². The Hall–Kier alpha value is -3.42. The number of nitrogens with zero attached hydrogens (tertiary/aromatic N) is 3. The number of amides is 1. The number of carbonyl (C=O) groups is 2. The first-order valence-corrected chi connectivity index (χ1v) is 9.85. The van der Waals surface area contributed by atoms with E-state index < -0.39 is 4.92 Å². The number of rotatable bonds is 7. The van der Waals surface area contributed by atoms with Gasteiger partial charge in [0.15, 0.2) is 0 Å². The van der Waals surface area contributed by atoms with Crippen LogP contribution in [-0.4, -0.2) is 54.8 Å². The van der Waals surface area contributed by atoms with Gasteiger partial charge in [0.2, 0.25) is 5.91 Å². The number of ether oxygens (including phenoxy) is 1. The molecule has 1 aliphatic rings. The quantitative estimate of drug-likeness (QED) is 0.395. The molecule has 158 valence electrons. The molecule has 0 radical (unpaired) electrons. The van der Waals surface area contributed by atoms with Crippen LogP contribution >= 0.6 is 0 Å². The van der Waals surface area contributed by atoms with Crippen LogP contribution in [0.4, 0.5) is 11.4 Å². The van der Waals surface area contributed by atoms with E-state index in [9.17, 15) is 19.7 Å². The SMILES string of the molecule is Cc1cc(C=O)ccc1N1CCN(C(=O)CCOc2ccc([N+](=O)[O-])c(C)c2)CC1. The first-order valence-electron chi connectivity index (χ1n) is 9.85. The summed E-state index contributed by atoms with van der Waals surface area (Å²) in [6, 6.07) is 10.2. The van der Waals surface area contributed by atoms with Crippen molar-refractivity contribution < 1.29 is 19.2 Å². The summed E-state index contributed by atoms with van der Waals surface area (Å²) >= 11 is 0. The van der Waals surface area contributed by atoms with E-state index in [0.717, 1.165) is 30.6 Å². The molecule has 0 aromatic heterocycles. The van der Waals surface area contributed by atoms with E-state index in [4.69, 9.17) is 4.74 Å². The molecule has 1 saturated heterocycles. The molecule has 0 atom stereocenters. The van der Waals surface area contributed by atoms with E-state index in [-0.39, 0.29) is 24.6 Å². The Labute approximate surface area is 175 Å². The maximum atomic E-state index is 12.5. The number of hydrogen-bond donors (Lipinski definition) is 0. The van der Waals surface area contributed by atoms with Gasteiger partial charge in [-0.05, 0) is 49.7 Å². The molecule has 1 heterocycles. The van der Waals surface area contributed by atoms with Crippen molar-refractivity contribution in [1.82, 2.24) is 4.90 Å². The lowest BCUT2D eigenvalue weighted by molar-refractivity contribution is -0.385. The van der Waals surface area contributed by atoms with Crippen LogP contribution in [0, 0.1) is 24.0 Å². The van der Waals surface area contributed by atoms with Gasteiger partial charge in [0.05, 0.1) is 18.0 Å². The monoisotopic (exact) mass is 411 g/mol. The highest BCUT2D eigenvalue weighted by atomic mass is 16.6. The molecule has 0 N–H and O–H groups in total. The largest absolute Gasteiger partial charge is 0.493 e. The van der Waals surface area contributed by atoms with Gasteiger partial charge in [-0.2, -0.15) is 0 Å². The normalized spacial score (nSPS) is 13.8. The Kier molecular flexibility index (Phi) is 6.66. The number of aryl methyl sites for hydroxylation is 2. The van der Waals surface area contributed by atoms with Crippen molar-refractivity contribution >= 4 is 23.6 Å². The van der Waals surface area contributed by atoms with E-state index in [1.54, 1.807) is 19.1 Å². The molecular formula is C22H25N3O5. The van der Waals surface area contributed by atoms with Crippen LogP contribution in [0.15, 0.2) is 36.4 Å². The summed E-state index contributed by atoms with van der Waals surface area (Å²) in [5, 5.41) is 10.9. The summed E-state index contributed by atoms with van der Waals surface area (Å²) in [7, 11) is 0. The van der Waals surface area contributed by atoms with Crippen LogP contribution in [0.2, 0.25) is 0 Å². The molecular weight excluding hydrogens is 386 g/mol. The van der Waals surface area contributed by atoms with Gasteiger partial charge in [0.25, 0.3) is 5.69 Å². The van der Waals surface area contributed by atoms with Gasteiger partial charge in [0, 0.05) is 49.1 Å². The number of anilines is 1. The fourth-order valence-corrected chi connectivity index (χ4v) is 3.64. The zero-order valence-electron chi connectivity index (χ0n) is 17.2. The van der Waals surface area contributed by atoms with Gasteiger partial charge in [-0.3, -0.25) is 19.7 Å². The third kappa shape index (κ3) is 4.94. The second-order valence-corrected chi connectivity index (χ2v) is 7.34.